The lowest BCUT2D eigenvalue weighted by molar-refractivity contribution is -0.0210. The molecule has 0 saturated carbocycles. The van der Waals surface area contributed by atoms with E-state index in [4.69, 9.17) is 4.74 Å². The van der Waals surface area contributed by atoms with E-state index >= 15 is 0 Å². The van der Waals surface area contributed by atoms with E-state index in [2.05, 4.69) is 4.90 Å². The van der Waals surface area contributed by atoms with Crippen LogP contribution in [0.4, 0.5) is 0 Å². The van der Waals surface area contributed by atoms with E-state index in [0.717, 1.165) is 18.7 Å². The Morgan fingerprint density at radius 1 is 1.33 bits per heavy atom. The number of rotatable bonds is 1. The first-order chi connectivity index (χ1) is 7.16. The van der Waals surface area contributed by atoms with E-state index in [9.17, 15) is 10.2 Å². The lowest BCUT2D eigenvalue weighted by Crippen LogP contribution is -2.35. The maximum absolute atomic E-state index is 9.38. The summed E-state index contributed by atoms with van der Waals surface area (Å²) in [5, 5.41) is 18.6. The number of benzene rings is 1. The smallest absolute Gasteiger partial charge is 0.157 e. The van der Waals surface area contributed by atoms with Gasteiger partial charge in [-0.3, -0.25) is 0 Å². The van der Waals surface area contributed by atoms with Crippen LogP contribution in [0.15, 0.2) is 18.2 Å². The first kappa shape index (κ1) is 10.3. The molecule has 0 aliphatic carbocycles. The highest BCUT2D eigenvalue weighted by Gasteiger charge is 2.20. The van der Waals surface area contributed by atoms with Crippen molar-refractivity contribution >= 4 is 0 Å². The zero-order chi connectivity index (χ0) is 10.8. The third kappa shape index (κ3) is 2.22. The van der Waals surface area contributed by atoms with Crippen molar-refractivity contribution in [3.63, 3.8) is 0 Å². The van der Waals surface area contributed by atoms with Crippen LogP contribution in [-0.4, -0.2) is 41.9 Å². The van der Waals surface area contributed by atoms with E-state index < -0.39 is 0 Å². The van der Waals surface area contributed by atoms with Crippen LogP contribution >= 0.6 is 0 Å². The quantitative estimate of drug-likeness (QED) is 0.680. The summed E-state index contributed by atoms with van der Waals surface area (Å²) in [6, 6.07) is 4.82. The minimum absolute atomic E-state index is 0.0183. The van der Waals surface area contributed by atoms with Gasteiger partial charge in [-0.25, -0.2) is 0 Å². The van der Waals surface area contributed by atoms with Crippen molar-refractivity contribution in [1.82, 2.24) is 4.90 Å². The third-order valence-corrected chi connectivity index (χ3v) is 2.64. The maximum atomic E-state index is 9.38. The number of hydrogen-bond acceptors (Lipinski definition) is 4. The van der Waals surface area contributed by atoms with Gasteiger partial charge in [0.1, 0.15) is 0 Å². The molecule has 1 aromatic carbocycles. The minimum atomic E-state index is -0.0945. The number of phenols is 2. The van der Waals surface area contributed by atoms with Gasteiger partial charge in [-0.15, -0.1) is 0 Å². The molecule has 82 valence electrons. The second-order valence-corrected chi connectivity index (χ2v) is 3.87. The number of nitrogens with zero attached hydrogens (tertiary/aromatic N) is 1. The molecule has 1 aliphatic rings. The molecule has 0 unspecified atom stereocenters. The maximum Gasteiger partial charge on any atom is 0.157 e. The van der Waals surface area contributed by atoms with Gasteiger partial charge in [-0.1, -0.05) is 6.07 Å². The van der Waals surface area contributed by atoms with Gasteiger partial charge in [-0.2, -0.15) is 0 Å². The average molecular weight is 209 g/mol. The molecule has 2 N–H and O–H groups in total. The molecule has 1 saturated heterocycles. The highest BCUT2D eigenvalue weighted by molar-refractivity contribution is 5.41. The van der Waals surface area contributed by atoms with Crippen LogP contribution in [0.3, 0.4) is 0 Å². The zero-order valence-electron chi connectivity index (χ0n) is 8.68. The Labute approximate surface area is 88.7 Å². The lowest BCUT2D eigenvalue weighted by Gasteiger charge is -2.30. The molecule has 2 rings (SSSR count). The standard InChI is InChI=1S/C11H15NO3/c1-12-4-5-15-11(7-12)8-2-3-9(13)10(14)6-8/h2-3,6,11,13-14H,4-5,7H2,1H3/t11-/m0/s1. The number of ether oxygens (including phenoxy) is 1. The molecule has 1 aromatic rings. The van der Waals surface area contributed by atoms with Crippen molar-refractivity contribution in [3.05, 3.63) is 23.8 Å². The highest BCUT2D eigenvalue weighted by atomic mass is 16.5. The van der Waals surface area contributed by atoms with Crippen LogP contribution in [0.5, 0.6) is 11.5 Å². The van der Waals surface area contributed by atoms with E-state index in [1.165, 1.54) is 6.07 Å². The second-order valence-electron chi connectivity index (χ2n) is 3.87. The number of aromatic hydroxyl groups is 2. The Bertz CT molecular complexity index is 354. The fourth-order valence-corrected chi connectivity index (χ4v) is 1.72. The normalized spacial score (nSPS) is 22.9. The van der Waals surface area contributed by atoms with Crippen molar-refractivity contribution in [2.45, 2.75) is 6.10 Å². The molecule has 1 aliphatic heterocycles. The summed E-state index contributed by atoms with van der Waals surface area (Å²) in [5.41, 5.74) is 0.900. The average Bonchev–Trinajstić information content (AvgIpc) is 2.22. The van der Waals surface area contributed by atoms with Crippen LogP contribution in [0.2, 0.25) is 0 Å². The van der Waals surface area contributed by atoms with E-state index in [-0.39, 0.29) is 17.6 Å². The predicted molar refractivity (Wildman–Crippen MR) is 56.0 cm³/mol. The molecule has 1 fully saturated rings. The summed E-state index contributed by atoms with van der Waals surface area (Å²) < 4.78 is 5.59. The predicted octanol–water partition coefficient (Wildman–Crippen LogP) is 1.10. The van der Waals surface area contributed by atoms with Crippen LogP contribution in [0.25, 0.3) is 0 Å². The molecule has 15 heavy (non-hydrogen) atoms. The number of hydrogen-bond donors (Lipinski definition) is 2. The van der Waals surface area contributed by atoms with Gasteiger partial charge in [0.05, 0.1) is 12.7 Å². The summed E-state index contributed by atoms with van der Waals surface area (Å²) in [6.45, 7) is 2.44. The minimum Gasteiger partial charge on any atom is -0.504 e. The van der Waals surface area contributed by atoms with Crippen LogP contribution < -0.4 is 0 Å². The van der Waals surface area contributed by atoms with Gasteiger partial charge >= 0.3 is 0 Å². The van der Waals surface area contributed by atoms with Crippen molar-refractivity contribution in [3.8, 4) is 11.5 Å². The first-order valence-electron chi connectivity index (χ1n) is 4.99. The SMILES string of the molecule is CN1CCO[C@H](c2ccc(O)c(O)c2)C1. The zero-order valence-corrected chi connectivity index (χ0v) is 8.68. The van der Waals surface area contributed by atoms with E-state index in [0.29, 0.717) is 6.61 Å². The summed E-state index contributed by atoms with van der Waals surface area (Å²) in [4.78, 5) is 2.18. The van der Waals surface area contributed by atoms with Crippen LogP contribution in [0, 0.1) is 0 Å². The largest absolute Gasteiger partial charge is 0.504 e. The molecule has 4 nitrogen and oxygen atoms in total. The molecule has 0 spiro atoms. The number of likely N-dealkylation sites (N-methyl/N-ethyl adjacent to an activating group) is 1. The topological polar surface area (TPSA) is 52.9 Å². The Hall–Kier alpha value is -1.26. The Balaban J connectivity index is 2.18. The second kappa shape index (κ2) is 4.08. The van der Waals surface area contributed by atoms with Crippen molar-refractivity contribution in [2.75, 3.05) is 26.7 Å². The monoisotopic (exact) mass is 209 g/mol. The van der Waals surface area contributed by atoms with Crippen molar-refractivity contribution in [1.29, 1.82) is 0 Å². The van der Waals surface area contributed by atoms with E-state index in [1.807, 2.05) is 7.05 Å². The summed E-state index contributed by atoms with van der Waals surface area (Å²) in [5.74, 6) is -0.188. The Kier molecular flexibility index (Phi) is 2.79. The van der Waals surface area contributed by atoms with Gasteiger partial charge in [0.2, 0.25) is 0 Å². The van der Waals surface area contributed by atoms with Gasteiger partial charge < -0.3 is 19.8 Å². The molecular weight excluding hydrogens is 194 g/mol. The molecule has 1 heterocycles. The molecule has 4 heteroatoms. The van der Waals surface area contributed by atoms with Crippen molar-refractivity contribution < 1.29 is 14.9 Å². The third-order valence-electron chi connectivity index (χ3n) is 2.64. The van der Waals surface area contributed by atoms with Gasteiger partial charge in [0.15, 0.2) is 11.5 Å². The highest BCUT2D eigenvalue weighted by Crippen LogP contribution is 2.30. The summed E-state index contributed by atoms with van der Waals surface area (Å²) >= 11 is 0. The summed E-state index contributed by atoms with van der Waals surface area (Å²) in [6.07, 6.45) is -0.0183. The Morgan fingerprint density at radius 2 is 2.13 bits per heavy atom. The summed E-state index contributed by atoms with van der Waals surface area (Å²) in [7, 11) is 2.04. The fraction of sp³-hybridized carbons (Fsp3) is 0.455. The van der Waals surface area contributed by atoms with Crippen molar-refractivity contribution in [2.24, 2.45) is 0 Å². The number of morpholine rings is 1. The molecule has 1 atom stereocenters. The van der Waals surface area contributed by atoms with Crippen LogP contribution in [-0.2, 0) is 4.74 Å². The van der Waals surface area contributed by atoms with Gasteiger partial charge in [0, 0.05) is 13.1 Å². The molecule has 0 bridgehead atoms. The van der Waals surface area contributed by atoms with E-state index in [1.54, 1.807) is 12.1 Å². The molecule has 0 radical (unpaired) electrons. The van der Waals surface area contributed by atoms with Crippen LogP contribution in [0.1, 0.15) is 11.7 Å². The van der Waals surface area contributed by atoms with Gasteiger partial charge in [-0.05, 0) is 24.7 Å². The Morgan fingerprint density at radius 3 is 2.80 bits per heavy atom. The molecular formula is C11H15NO3. The fourth-order valence-electron chi connectivity index (χ4n) is 1.72. The number of phenolic OH excluding ortho intramolecular Hbond substituents is 2. The molecule has 0 amide bonds. The first-order valence-corrected chi connectivity index (χ1v) is 4.99. The molecule has 0 aromatic heterocycles. The lowest BCUT2D eigenvalue weighted by atomic mass is 10.1. The van der Waals surface area contributed by atoms with Gasteiger partial charge in [0.25, 0.3) is 0 Å².